The van der Waals surface area contributed by atoms with Crippen molar-refractivity contribution in [3.8, 4) is 11.5 Å². The zero-order valence-corrected chi connectivity index (χ0v) is 22.7. The Kier molecular flexibility index (Phi) is 9.99. The van der Waals surface area contributed by atoms with Crippen molar-refractivity contribution < 1.29 is 19.1 Å². The molecule has 0 aromatic heterocycles. The number of amides is 2. The number of ether oxygens (including phenoxy) is 2. The summed E-state index contributed by atoms with van der Waals surface area (Å²) in [5.74, 6) is 1.46. The number of carbonyl (C=O) groups excluding carboxylic acids is 2. The van der Waals surface area contributed by atoms with Gasteiger partial charge in [0.15, 0.2) is 6.61 Å². The van der Waals surface area contributed by atoms with Crippen LogP contribution in [-0.2, 0) is 10.5 Å². The van der Waals surface area contributed by atoms with E-state index in [2.05, 4.69) is 15.8 Å². The molecule has 4 rings (SSSR count). The maximum Gasteiger partial charge on any atom is 0.271 e. The zero-order chi connectivity index (χ0) is 27.5. The predicted molar refractivity (Wildman–Crippen MR) is 156 cm³/mol. The molecular weight excluding hydrogens is 534 g/mol. The molecule has 7 nitrogen and oxygen atoms in total. The number of hydrogen-bond donors (Lipinski definition) is 2. The summed E-state index contributed by atoms with van der Waals surface area (Å²) in [5.41, 5.74) is 5.58. The third-order valence-electron chi connectivity index (χ3n) is 5.44. The highest BCUT2D eigenvalue weighted by Gasteiger charge is 2.06. The summed E-state index contributed by atoms with van der Waals surface area (Å²) in [6.07, 6.45) is 1.54. The summed E-state index contributed by atoms with van der Waals surface area (Å²) in [4.78, 5) is 25.7. The Morgan fingerprint density at radius 2 is 1.54 bits per heavy atom. The van der Waals surface area contributed by atoms with Gasteiger partial charge in [-0.15, -0.1) is 11.8 Å². The first-order valence-electron chi connectivity index (χ1n) is 12.0. The maximum atomic E-state index is 12.4. The van der Waals surface area contributed by atoms with Crippen molar-refractivity contribution >= 4 is 47.1 Å². The van der Waals surface area contributed by atoms with E-state index in [1.54, 1.807) is 79.5 Å². The molecule has 0 spiro atoms. The SMILES string of the molecule is COc1ccc(NC(=O)COc2ccc(/C=N\NC(=O)c3ccc(CSc4ccc(Cl)cc4)cc3)cc2)cc1. The predicted octanol–water partition coefficient (Wildman–Crippen LogP) is 6.42. The maximum absolute atomic E-state index is 12.4. The minimum absolute atomic E-state index is 0.131. The second-order valence-corrected chi connectivity index (χ2v) is 9.76. The van der Waals surface area contributed by atoms with Crippen LogP contribution in [0.25, 0.3) is 0 Å². The average molecular weight is 560 g/mol. The van der Waals surface area contributed by atoms with Gasteiger partial charge in [-0.25, -0.2) is 5.43 Å². The van der Waals surface area contributed by atoms with E-state index in [9.17, 15) is 9.59 Å². The Morgan fingerprint density at radius 3 is 2.21 bits per heavy atom. The number of nitrogens with zero attached hydrogens (tertiary/aromatic N) is 1. The van der Waals surface area contributed by atoms with Crippen LogP contribution in [0.4, 0.5) is 5.69 Å². The first kappa shape index (κ1) is 27.8. The number of methoxy groups -OCH3 is 1. The van der Waals surface area contributed by atoms with Gasteiger partial charge in [0.1, 0.15) is 11.5 Å². The molecule has 0 bridgehead atoms. The van der Waals surface area contributed by atoms with Gasteiger partial charge in [0.2, 0.25) is 0 Å². The first-order chi connectivity index (χ1) is 19.0. The van der Waals surface area contributed by atoms with E-state index in [0.29, 0.717) is 27.8 Å². The lowest BCUT2D eigenvalue weighted by molar-refractivity contribution is -0.118. The largest absolute Gasteiger partial charge is 0.497 e. The molecule has 0 aliphatic carbocycles. The van der Waals surface area contributed by atoms with Crippen molar-refractivity contribution in [2.24, 2.45) is 5.10 Å². The fourth-order valence-corrected chi connectivity index (χ4v) is 4.33. The molecule has 0 atom stereocenters. The molecule has 39 heavy (non-hydrogen) atoms. The number of benzene rings is 4. The number of hydrazone groups is 1. The van der Waals surface area contributed by atoms with Crippen LogP contribution in [0.2, 0.25) is 5.02 Å². The second-order valence-electron chi connectivity index (χ2n) is 8.27. The van der Waals surface area contributed by atoms with Gasteiger partial charge >= 0.3 is 0 Å². The lowest BCUT2D eigenvalue weighted by Gasteiger charge is -2.08. The number of carbonyl (C=O) groups is 2. The average Bonchev–Trinajstić information content (AvgIpc) is 2.97. The van der Waals surface area contributed by atoms with Crippen LogP contribution in [0.1, 0.15) is 21.5 Å². The normalized spacial score (nSPS) is 10.7. The van der Waals surface area contributed by atoms with Crippen LogP contribution in [0, 0.1) is 0 Å². The van der Waals surface area contributed by atoms with Crippen LogP contribution in [0.15, 0.2) is 107 Å². The summed E-state index contributed by atoms with van der Waals surface area (Å²) >= 11 is 7.62. The third-order valence-corrected chi connectivity index (χ3v) is 6.77. The van der Waals surface area contributed by atoms with E-state index >= 15 is 0 Å². The van der Waals surface area contributed by atoms with Gasteiger partial charge < -0.3 is 14.8 Å². The van der Waals surface area contributed by atoms with Gasteiger partial charge in [0.05, 0.1) is 13.3 Å². The summed E-state index contributed by atoms with van der Waals surface area (Å²) in [6.45, 7) is -0.131. The number of thioether (sulfide) groups is 1. The molecule has 0 aliphatic rings. The van der Waals surface area contributed by atoms with Crippen molar-refractivity contribution in [3.63, 3.8) is 0 Å². The van der Waals surface area contributed by atoms with Gasteiger partial charge in [-0.05, 0) is 96.1 Å². The fourth-order valence-electron chi connectivity index (χ4n) is 3.35. The van der Waals surface area contributed by atoms with Crippen LogP contribution in [0.3, 0.4) is 0 Å². The molecule has 0 unspecified atom stereocenters. The third kappa shape index (κ3) is 8.91. The minimum atomic E-state index is -0.300. The molecule has 2 amide bonds. The van der Waals surface area contributed by atoms with E-state index in [-0.39, 0.29) is 18.4 Å². The molecule has 0 radical (unpaired) electrons. The van der Waals surface area contributed by atoms with Gasteiger partial charge in [-0.3, -0.25) is 9.59 Å². The van der Waals surface area contributed by atoms with Gasteiger partial charge in [-0.1, -0.05) is 23.7 Å². The Labute approximate surface area is 236 Å². The molecule has 198 valence electrons. The summed E-state index contributed by atoms with van der Waals surface area (Å²) in [5, 5.41) is 7.51. The lowest BCUT2D eigenvalue weighted by Crippen LogP contribution is -2.20. The number of hydrogen-bond acceptors (Lipinski definition) is 6. The van der Waals surface area contributed by atoms with E-state index in [1.807, 2.05) is 36.4 Å². The second kappa shape index (κ2) is 14.0. The smallest absolute Gasteiger partial charge is 0.271 e. The molecule has 0 saturated heterocycles. The monoisotopic (exact) mass is 559 g/mol. The van der Waals surface area contributed by atoms with Crippen molar-refractivity contribution in [1.82, 2.24) is 5.43 Å². The first-order valence-corrected chi connectivity index (χ1v) is 13.3. The highest BCUT2D eigenvalue weighted by atomic mass is 35.5. The molecule has 4 aromatic rings. The molecule has 0 heterocycles. The van der Waals surface area contributed by atoms with E-state index in [1.165, 1.54) is 6.21 Å². The minimum Gasteiger partial charge on any atom is -0.497 e. The van der Waals surface area contributed by atoms with Crippen LogP contribution < -0.4 is 20.2 Å². The molecule has 0 aliphatic heterocycles. The van der Waals surface area contributed by atoms with Crippen LogP contribution in [0.5, 0.6) is 11.5 Å². The van der Waals surface area contributed by atoms with E-state index in [4.69, 9.17) is 21.1 Å². The molecule has 9 heteroatoms. The highest BCUT2D eigenvalue weighted by molar-refractivity contribution is 7.98. The van der Waals surface area contributed by atoms with Gasteiger partial charge in [0, 0.05) is 26.9 Å². The van der Waals surface area contributed by atoms with E-state index in [0.717, 1.165) is 21.8 Å². The number of halogens is 1. The Hall–Kier alpha value is -4.27. The highest BCUT2D eigenvalue weighted by Crippen LogP contribution is 2.24. The molecule has 0 fully saturated rings. The van der Waals surface area contributed by atoms with Crippen LogP contribution >= 0.6 is 23.4 Å². The van der Waals surface area contributed by atoms with E-state index < -0.39 is 0 Å². The Morgan fingerprint density at radius 1 is 0.872 bits per heavy atom. The van der Waals surface area contributed by atoms with Gasteiger partial charge in [-0.2, -0.15) is 5.10 Å². The topological polar surface area (TPSA) is 89.0 Å². The molecule has 2 N–H and O–H groups in total. The zero-order valence-electron chi connectivity index (χ0n) is 21.1. The van der Waals surface area contributed by atoms with Crippen molar-refractivity contribution in [1.29, 1.82) is 0 Å². The standard InChI is InChI=1S/C30H26ClN3O4S/c1-37-26-14-10-25(11-15-26)33-29(35)19-38-27-12-4-21(5-13-27)18-32-34-30(36)23-6-2-22(3-7-23)20-39-28-16-8-24(31)9-17-28/h2-18H,19-20H2,1H3,(H,33,35)(H,34,36)/b32-18-. The summed E-state index contributed by atoms with van der Waals surface area (Å²) in [7, 11) is 1.58. The fraction of sp³-hybridized carbons (Fsp3) is 0.100. The van der Waals surface area contributed by atoms with Crippen LogP contribution in [-0.4, -0.2) is 31.7 Å². The van der Waals surface area contributed by atoms with Crippen molar-refractivity contribution in [2.45, 2.75) is 10.6 Å². The number of anilines is 1. The molecule has 0 saturated carbocycles. The molecule has 4 aromatic carbocycles. The summed E-state index contributed by atoms with van der Waals surface area (Å²) < 4.78 is 10.6. The van der Waals surface area contributed by atoms with Gasteiger partial charge in [0.25, 0.3) is 11.8 Å². The number of nitrogens with one attached hydrogen (secondary N) is 2. The number of rotatable bonds is 11. The van der Waals surface area contributed by atoms with Crippen molar-refractivity contribution in [3.05, 3.63) is 119 Å². The Balaban J connectivity index is 1.19. The lowest BCUT2D eigenvalue weighted by atomic mass is 10.1. The molecular formula is C30H26ClN3O4S. The van der Waals surface area contributed by atoms with Crippen molar-refractivity contribution in [2.75, 3.05) is 19.0 Å². The Bertz CT molecular complexity index is 1410. The summed E-state index contributed by atoms with van der Waals surface area (Å²) in [6, 6.07) is 29.2. The quantitative estimate of drug-likeness (QED) is 0.126.